The molecule has 0 fully saturated rings. The fourth-order valence-electron chi connectivity index (χ4n) is 3.05. The van der Waals surface area contributed by atoms with E-state index in [1.165, 1.54) is 4.90 Å². The van der Waals surface area contributed by atoms with Crippen molar-refractivity contribution in [3.05, 3.63) is 76.8 Å². The van der Waals surface area contributed by atoms with Crippen molar-refractivity contribution < 1.29 is 9.59 Å². The first-order valence-corrected chi connectivity index (χ1v) is 10.1. The van der Waals surface area contributed by atoms with Gasteiger partial charge < -0.3 is 5.32 Å². The normalized spacial score (nSPS) is 12.3. The molecule has 6 nitrogen and oxygen atoms in total. The van der Waals surface area contributed by atoms with Crippen LogP contribution < -0.4 is 10.2 Å². The van der Waals surface area contributed by atoms with Crippen molar-refractivity contribution in [2.45, 2.75) is 39.3 Å². The lowest BCUT2D eigenvalue weighted by atomic mass is 9.99. The Bertz CT molecular complexity index is 982. The van der Waals surface area contributed by atoms with Gasteiger partial charge in [0, 0.05) is 16.6 Å². The highest BCUT2D eigenvalue weighted by Gasteiger charge is 2.35. The van der Waals surface area contributed by atoms with Gasteiger partial charge in [-0.2, -0.15) is 0 Å². The van der Waals surface area contributed by atoms with E-state index in [0.717, 1.165) is 22.7 Å². The van der Waals surface area contributed by atoms with Crippen molar-refractivity contribution in [3.8, 4) is 0 Å². The summed E-state index contributed by atoms with van der Waals surface area (Å²) in [6.07, 6.45) is 0. The molecule has 0 aliphatic rings. The monoisotopic (exact) mass is 408 g/mol. The maximum Gasteiger partial charge on any atom is 0.280 e. The summed E-state index contributed by atoms with van der Waals surface area (Å²) in [5, 5.41) is 8.55. The molecule has 2 aromatic carbocycles. The molecule has 0 unspecified atom stereocenters. The summed E-state index contributed by atoms with van der Waals surface area (Å²) in [6, 6.07) is 15.9. The van der Waals surface area contributed by atoms with Gasteiger partial charge in [-0.15, -0.1) is 5.10 Å². The van der Waals surface area contributed by atoms with Crippen LogP contribution in [0.25, 0.3) is 0 Å². The van der Waals surface area contributed by atoms with Crippen molar-refractivity contribution >= 4 is 29.0 Å². The van der Waals surface area contributed by atoms with Crippen LogP contribution in [0, 0.1) is 6.92 Å². The smallest absolute Gasteiger partial charge is 0.280 e. The van der Waals surface area contributed by atoms with Crippen LogP contribution in [0.3, 0.4) is 0 Å². The second kappa shape index (κ2) is 8.53. The van der Waals surface area contributed by atoms with E-state index in [-0.39, 0.29) is 17.5 Å². The fraction of sp³-hybridized carbons (Fsp3) is 0.273. The minimum Gasteiger partial charge on any atom is -0.349 e. The first kappa shape index (κ1) is 20.7. The predicted octanol–water partition coefficient (Wildman–Crippen LogP) is 4.15. The average molecular weight is 409 g/mol. The third kappa shape index (κ3) is 5.06. The molecule has 1 heterocycles. The Labute approximate surface area is 174 Å². The van der Waals surface area contributed by atoms with Gasteiger partial charge in [0.15, 0.2) is 5.69 Å². The summed E-state index contributed by atoms with van der Waals surface area (Å²) >= 11 is 1.10. The number of hydrogen-bond acceptors (Lipinski definition) is 5. The lowest BCUT2D eigenvalue weighted by Crippen LogP contribution is -2.49. The Morgan fingerprint density at radius 3 is 2.38 bits per heavy atom. The zero-order valence-electron chi connectivity index (χ0n) is 16.9. The summed E-state index contributed by atoms with van der Waals surface area (Å²) in [5.41, 5.74) is 2.10. The van der Waals surface area contributed by atoms with Gasteiger partial charge in [-0.1, -0.05) is 52.5 Å². The largest absolute Gasteiger partial charge is 0.349 e. The molecule has 0 aliphatic carbocycles. The van der Waals surface area contributed by atoms with Gasteiger partial charge in [0.25, 0.3) is 5.91 Å². The molecule has 1 N–H and O–H groups in total. The van der Waals surface area contributed by atoms with Crippen molar-refractivity contribution in [3.63, 3.8) is 0 Å². The molecule has 3 rings (SSSR count). The van der Waals surface area contributed by atoms with E-state index in [4.69, 9.17) is 0 Å². The molecule has 2 amide bonds. The van der Waals surface area contributed by atoms with Gasteiger partial charge in [0.2, 0.25) is 5.91 Å². The number of hydrogen-bond donors (Lipinski definition) is 1. The highest BCUT2D eigenvalue weighted by molar-refractivity contribution is 7.03. The molecular weight excluding hydrogens is 384 g/mol. The van der Waals surface area contributed by atoms with E-state index in [2.05, 4.69) is 14.9 Å². The summed E-state index contributed by atoms with van der Waals surface area (Å²) in [6.45, 7) is 7.70. The fourth-order valence-corrected chi connectivity index (χ4v) is 3.48. The SMILES string of the molecule is Cc1cccc([C@@H](C(=O)NC(C)(C)C)N(C(=O)c2csnn2)c2ccccc2)c1. The van der Waals surface area contributed by atoms with Gasteiger partial charge in [-0.3, -0.25) is 14.5 Å². The Balaban J connectivity index is 2.16. The number of anilines is 1. The number of nitrogens with one attached hydrogen (secondary N) is 1. The van der Waals surface area contributed by atoms with E-state index in [1.807, 2.05) is 82.3 Å². The molecule has 150 valence electrons. The predicted molar refractivity (Wildman–Crippen MR) is 115 cm³/mol. The number of carbonyl (C=O) groups is 2. The molecule has 0 aliphatic heterocycles. The molecule has 0 saturated carbocycles. The van der Waals surface area contributed by atoms with E-state index in [0.29, 0.717) is 5.69 Å². The van der Waals surface area contributed by atoms with Crippen LogP contribution in [0.15, 0.2) is 60.0 Å². The maximum atomic E-state index is 13.4. The summed E-state index contributed by atoms with van der Waals surface area (Å²) < 4.78 is 3.81. The molecule has 7 heteroatoms. The molecule has 0 spiro atoms. The van der Waals surface area contributed by atoms with Crippen LogP contribution in [0.5, 0.6) is 0 Å². The number of amides is 2. The van der Waals surface area contributed by atoms with Gasteiger partial charge in [-0.25, -0.2) is 0 Å². The molecule has 0 bridgehead atoms. The third-order valence-electron chi connectivity index (χ3n) is 4.19. The van der Waals surface area contributed by atoms with Gasteiger partial charge in [-0.05, 0) is 56.9 Å². The number of rotatable bonds is 5. The Morgan fingerprint density at radius 2 is 1.79 bits per heavy atom. The maximum absolute atomic E-state index is 13.4. The highest BCUT2D eigenvalue weighted by atomic mass is 32.1. The highest BCUT2D eigenvalue weighted by Crippen LogP contribution is 2.30. The van der Waals surface area contributed by atoms with Crippen LogP contribution in [0.2, 0.25) is 0 Å². The number of para-hydroxylation sites is 1. The van der Waals surface area contributed by atoms with Crippen molar-refractivity contribution in [1.29, 1.82) is 0 Å². The second-order valence-corrected chi connectivity index (χ2v) is 8.47. The number of benzene rings is 2. The number of aromatic nitrogens is 2. The van der Waals surface area contributed by atoms with E-state index in [9.17, 15) is 9.59 Å². The summed E-state index contributed by atoms with van der Waals surface area (Å²) in [4.78, 5) is 28.3. The minimum atomic E-state index is -0.856. The molecule has 3 aromatic rings. The Morgan fingerprint density at radius 1 is 1.07 bits per heavy atom. The van der Waals surface area contributed by atoms with Crippen LogP contribution in [0.4, 0.5) is 5.69 Å². The molecule has 1 atom stereocenters. The van der Waals surface area contributed by atoms with Crippen LogP contribution >= 0.6 is 11.5 Å². The van der Waals surface area contributed by atoms with Gasteiger partial charge >= 0.3 is 0 Å². The van der Waals surface area contributed by atoms with Crippen LogP contribution in [-0.2, 0) is 4.79 Å². The molecule has 0 saturated heterocycles. The molecule has 29 heavy (non-hydrogen) atoms. The number of carbonyl (C=O) groups excluding carboxylic acids is 2. The van der Waals surface area contributed by atoms with Crippen LogP contribution in [0.1, 0.15) is 48.4 Å². The zero-order valence-corrected chi connectivity index (χ0v) is 17.7. The lowest BCUT2D eigenvalue weighted by molar-refractivity contribution is -0.123. The summed E-state index contributed by atoms with van der Waals surface area (Å²) in [7, 11) is 0. The Hall–Kier alpha value is -3.06. The van der Waals surface area contributed by atoms with Crippen molar-refractivity contribution in [2.75, 3.05) is 4.90 Å². The van der Waals surface area contributed by atoms with Gasteiger partial charge in [0.1, 0.15) is 6.04 Å². The lowest BCUT2D eigenvalue weighted by Gasteiger charge is -2.33. The number of aryl methyl sites for hydroxylation is 1. The average Bonchev–Trinajstić information content (AvgIpc) is 3.19. The standard InChI is InChI=1S/C22H24N4O2S/c1-15-9-8-10-16(13-15)19(20(27)23-22(2,3)4)26(17-11-6-5-7-12-17)21(28)18-14-29-25-24-18/h5-14,19H,1-4H3,(H,23,27)/t19-/m0/s1. The molecule has 0 radical (unpaired) electrons. The second-order valence-electron chi connectivity index (χ2n) is 7.86. The van der Waals surface area contributed by atoms with E-state index < -0.39 is 11.6 Å². The molecule has 1 aromatic heterocycles. The quantitative estimate of drug-likeness (QED) is 0.688. The first-order valence-electron chi connectivity index (χ1n) is 9.30. The zero-order chi connectivity index (χ0) is 21.0. The van der Waals surface area contributed by atoms with E-state index >= 15 is 0 Å². The number of nitrogens with zero attached hydrogens (tertiary/aromatic N) is 3. The van der Waals surface area contributed by atoms with Crippen molar-refractivity contribution in [2.24, 2.45) is 0 Å². The Kier molecular flexibility index (Phi) is 6.08. The van der Waals surface area contributed by atoms with Crippen molar-refractivity contribution in [1.82, 2.24) is 14.9 Å². The van der Waals surface area contributed by atoms with E-state index in [1.54, 1.807) is 5.38 Å². The topological polar surface area (TPSA) is 75.2 Å². The minimum absolute atomic E-state index is 0.208. The van der Waals surface area contributed by atoms with Crippen LogP contribution in [-0.4, -0.2) is 26.9 Å². The molecular formula is C22H24N4O2S. The third-order valence-corrected chi connectivity index (χ3v) is 4.70. The first-order chi connectivity index (χ1) is 13.8. The van der Waals surface area contributed by atoms with Gasteiger partial charge in [0.05, 0.1) is 0 Å². The summed E-state index contributed by atoms with van der Waals surface area (Å²) in [5.74, 6) is -0.635.